The SMILES string of the molecule is CC(=O)OCC(=O)[C@@]1(O)CC[C@H]2[C@@H]3CC(C)C4=CC(=O)CC[C@]4(C)[C@H]3C(OC(C)=O)C[C@@]21C. The van der Waals surface area contributed by atoms with Crippen molar-refractivity contribution in [2.45, 2.75) is 84.8 Å². The average molecular weight is 461 g/mol. The zero-order valence-corrected chi connectivity index (χ0v) is 20.3. The summed E-state index contributed by atoms with van der Waals surface area (Å²) < 4.78 is 10.9. The summed E-state index contributed by atoms with van der Waals surface area (Å²) in [5.41, 5.74) is -1.55. The van der Waals surface area contributed by atoms with Crippen LogP contribution in [-0.2, 0) is 28.7 Å². The summed E-state index contributed by atoms with van der Waals surface area (Å²) in [5.74, 6) is -0.827. The predicted octanol–water partition coefficient (Wildman–Crippen LogP) is 3.17. The molecule has 7 heteroatoms. The molecule has 182 valence electrons. The van der Waals surface area contributed by atoms with E-state index in [1.165, 1.54) is 13.8 Å². The van der Waals surface area contributed by atoms with Crippen molar-refractivity contribution < 1.29 is 33.8 Å². The lowest BCUT2D eigenvalue weighted by Crippen LogP contribution is -2.63. The Hall–Kier alpha value is -2.02. The maximum absolute atomic E-state index is 13.1. The summed E-state index contributed by atoms with van der Waals surface area (Å²) in [6.45, 7) is 8.46. The van der Waals surface area contributed by atoms with Gasteiger partial charge < -0.3 is 14.6 Å². The first-order chi connectivity index (χ1) is 15.3. The van der Waals surface area contributed by atoms with E-state index in [0.29, 0.717) is 25.7 Å². The first-order valence-electron chi connectivity index (χ1n) is 12.1. The molecule has 0 aliphatic heterocycles. The van der Waals surface area contributed by atoms with Crippen molar-refractivity contribution in [1.82, 2.24) is 0 Å². The van der Waals surface area contributed by atoms with Gasteiger partial charge in [-0.25, -0.2) is 0 Å². The monoisotopic (exact) mass is 460 g/mol. The summed E-state index contributed by atoms with van der Waals surface area (Å²) in [7, 11) is 0. The van der Waals surface area contributed by atoms with Crippen LogP contribution in [0.25, 0.3) is 0 Å². The molecule has 4 aliphatic rings. The van der Waals surface area contributed by atoms with Crippen LogP contribution in [0.3, 0.4) is 0 Å². The van der Waals surface area contributed by atoms with E-state index in [0.717, 1.165) is 18.4 Å². The second-order valence-electron chi connectivity index (χ2n) is 11.3. The van der Waals surface area contributed by atoms with Crippen molar-refractivity contribution in [1.29, 1.82) is 0 Å². The van der Waals surface area contributed by atoms with E-state index in [1.807, 2.05) is 13.0 Å². The third kappa shape index (κ3) is 3.58. The van der Waals surface area contributed by atoms with Crippen LogP contribution in [0.5, 0.6) is 0 Å². The molecule has 0 aromatic rings. The van der Waals surface area contributed by atoms with Crippen molar-refractivity contribution in [2.24, 2.45) is 34.5 Å². The van der Waals surface area contributed by atoms with Gasteiger partial charge in [-0.3, -0.25) is 19.2 Å². The van der Waals surface area contributed by atoms with Crippen LogP contribution >= 0.6 is 0 Å². The Bertz CT molecular complexity index is 922. The Kier molecular flexibility index (Phi) is 5.87. The Labute approximate surface area is 195 Å². The third-order valence-corrected chi connectivity index (χ3v) is 9.53. The largest absolute Gasteiger partial charge is 0.462 e. The van der Waals surface area contributed by atoms with Crippen LogP contribution in [0.15, 0.2) is 11.6 Å². The van der Waals surface area contributed by atoms with E-state index in [9.17, 15) is 24.3 Å². The molecule has 8 atom stereocenters. The lowest BCUT2D eigenvalue weighted by molar-refractivity contribution is -0.198. The van der Waals surface area contributed by atoms with E-state index in [1.54, 1.807) is 0 Å². The standard InChI is InChI=1S/C26H36O7/c1-14-10-18-19-7-9-26(31,22(30)13-32-15(2)27)25(19,5)12-21(33-16(3)28)23(18)24(4)8-6-17(29)11-20(14)24/h11,14,18-19,21,23,31H,6-10,12-13H2,1-5H3/t14?,18-,19-,21?,23+,24-,25-,26-/m0/s1. The minimum Gasteiger partial charge on any atom is -0.462 e. The van der Waals surface area contributed by atoms with Gasteiger partial charge >= 0.3 is 11.9 Å². The highest BCUT2D eigenvalue weighted by molar-refractivity contribution is 5.92. The number of fused-ring (bicyclic) bond motifs is 5. The van der Waals surface area contributed by atoms with Gasteiger partial charge in [0.1, 0.15) is 11.7 Å². The van der Waals surface area contributed by atoms with Crippen molar-refractivity contribution >= 4 is 23.5 Å². The molecule has 2 unspecified atom stereocenters. The van der Waals surface area contributed by atoms with Gasteiger partial charge in [0.25, 0.3) is 0 Å². The molecule has 3 fully saturated rings. The van der Waals surface area contributed by atoms with Gasteiger partial charge in [-0.1, -0.05) is 26.3 Å². The van der Waals surface area contributed by atoms with Gasteiger partial charge in [0.2, 0.25) is 5.78 Å². The highest BCUT2D eigenvalue weighted by Crippen LogP contribution is 2.68. The number of carbonyl (C=O) groups excluding carboxylic acids is 4. The molecule has 4 aliphatic carbocycles. The second kappa shape index (κ2) is 8.03. The van der Waals surface area contributed by atoms with E-state index in [2.05, 4.69) is 13.8 Å². The topological polar surface area (TPSA) is 107 Å². The van der Waals surface area contributed by atoms with Crippen molar-refractivity contribution in [3.8, 4) is 0 Å². The van der Waals surface area contributed by atoms with E-state index in [-0.39, 0.29) is 40.8 Å². The van der Waals surface area contributed by atoms with E-state index < -0.39 is 35.5 Å². The Balaban J connectivity index is 1.76. The highest BCUT2D eigenvalue weighted by Gasteiger charge is 2.69. The fourth-order valence-corrected chi connectivity index (χ4v) is 8.16. The first-order valence-corrected chi connectivity index (χ1v) is 12.1. The quantitative estimate of drug-likeness (QED) is 0.642. The summed E-state index contributed by atoms with van der Waals surface area (Å²) in [5, 5.41) is 11.7. The minimum absolute atomic E-state index is 0.0287. The second-order valence-corrected chi connectivity index (χ2v) is 11.3. The zero-order chi connectivity index (χ0) is 24.3. The van der Waals surface area contributed by atoms with E-state index >= 15 is 0 Å². The number of ether oxygens (including phenoxy) is 2. The van der Waals surface area contributed by atoms with Gasteiger partial charge in [-0.2, -0.15) is 0 Å². The molecular formula is C26H36O7. The summed E-state index contributed by atoms with van der Waals surface area (Å²) in [4.78, 5) is 48.8. The maximum atomic E-state index is 13.1. The molecule has 0 saturated heterocycles. The van der Waals surface area contributed by atoms with Crippen LogP contribution < -0.4 is 0 Å². The lowest BCUT2D eigenvalue weighted by atomic mass is 9.44. The van der Waals surface area contributed by atoms with Crippen LogP contribution in [0.4, 0.5) is 0 Å². The maximum Gasteiger partial charge on any atom is 0.303 e. The number of ketones is 2. The normalized spacial score (nSPS) is 44.1. The molecule has 0 aromatic carbocycles. The Morgan fingerprint density at radius 2 is 1.85 bits per heavy atom. The number of Topliss-reactive ketones (excluding diaryl/α,β-unsaturated/α-hetero) is 1. The fraction of sp³-hybridized carbons (Fsp3) is 0.769. The fourth-order valence-electron chi connectivity index (χ4n) is 8.16. The lowest BCUT2D eigenvalue weighted by Gasteiger charge is -2.62. The number of allylic oxidation sites excluding steroid dienone is 1. The molecule has 33 heavy (non-hydrogen) atoms. The molecule has 4 rings (SSSR count). The number of hydrogen-bond acceptors (Lipinski definition) is 7. The summed E-state index contributed by atoms with van der Waals surface area (Å²) >= 11 is 0. The number of rotatable bonds is 4. The number of aliphatic hydroxyl groups is 1. The van der Waals surface area contributed by atoms with Crippen LogP contribution in [-0.4, -0.2) is 46.9 Å². The molecule has 0 radical (unpaired) electrons. The molecule has 3 saturated carbocycles. The van der Waals surface area contributed by atoms with Crippen molar-refractivity contribution in [3.63, 3.8) is 0 Å². The number of esters is 2. The smallest absolute Gasteiger partial charge is 0.303 e. The van der Waals surface area contributed by atoms with Gasteiger partial charge in [0, 0.05) is 31.6 Å². The van der Waals surface area contributed by atoms with Crippen LogP contribution in [0, 0.1) is 34.5 Å². The highest BCUT2D eigenvalue weighted by atomic mass is 16.5. The van der Waals surface area contributed by atoms with Gasteiger partial charge in [-0.05, 0) is 61.3 Å². The zero-order valence-electron chi connectivity index (χ0n) is 20.3. The molecule has 0 bridgehead atoms. The average Bonchev–Trinajstić information content (AvgIpc) is 2.98. The van der Waals surface area contributed by atoms with Crippen molar-refractivity contribution in [3.05, 3.63) is 11.6 Å². The van der Waals surface area contributed by atoms with Gasteiger partial charge in [0.15, 0.2) is 12.4 Å². The number of hydrogen-bond donors (Lipinski definition) is 1. The molecule has 0 spiro atoms. The summed E-state index contributed by atoms with van der Waals surface area (Å²) in [6, 6.07) is 0. The van der Waals surface area contributed by atoms with E-state index in [4.69, 9.17) is 9.47 Å². The molecule has 1 N–H and O–H groups in total. The van der Waals surface area contributed by atoms with Gasteiger partial charge in [0.05, 0.1) is 0 Å². The molecule has 0 aromatic heterocycles. The molecular weight excluding hydrogens is 424 g/mol. The van der Waals surface area contributed by atoms with Crippen LogP contribution in [0.1, 0.15) is 73.1 Å². The third-order valence-electron chi connectivity index (χ3n) is 9.53. The Morgan fingerprint density at radius 3 is 2.48 bits per heavy atom. The molecule has 0 amide bonds. The minimum atomic E-state index is -1.64. The van der Waals surface area contributed by atoms with Gasteiger partial charge in [-0.15, -0.1) is 0 Å². The number of carbonyl (C=O) groups is 4. The van der Waals surface area contributed by atoms with Crippen molar-refractivity contribution in [2.75, 3.05) is 6.61 Å². The first kappa shape index (κ1) is 24.1. The Morgan fingerprint density at radius 1 is 1.15 bits per heavy atom. The predicted molar refractivity (Wildman–Crippen MR) is 119 cm³/mol. The molecule has 7 nitrogen and oxygen atoms in total. The van der Waals surface area contributed by atoms with Crippen LogP contribution in [0.2, 0.25) is 0 Å². The summed E-state index contributed by atoms with van der Waals surface area (Å²) in [6.07, 6.45) is 4.74. The molecule has 0 heterocycles.